The maximum Gasteiger partial charge on any atom is 0.198 e. The topological polar surface area (TPSA) is 47.9 Å². The summed E-state index contributed by atoms with van der Waals surface area (Å²) in [5.41, 5.74) is -0.351. The normalized spacial score (nSPS) is 51.5. The molecule has 1 spiro atoms. The lowest BCUT2D eigenvalue weighted by Crippen LogP contribution is -2.60. The van der Waals surface area contributed by atoms with Crippen molar-refractivity contribution in [3.63, 3.8) is 0 Å². The predicted octanol–water partition coefficient (Wildman–Crippen LogP) is 2.50. The van der Waals surface area contributed by atoms with E-state index in [2.05, 4.69) is 13.8 Å². The van der Waals surface area contributed by atoms with Gasteiger partial charge in [-0.1, -0.05) is 13.8 Å². The molecule has 0 unspecified atom stereocenters. The number of hydrogen-bond donors (Lipinski definition) is 1. The molecule has 2 bridgehead atoms. The van der Waals surface area contributed by atoms with Gasteiger partial charge >= 0.3 is 0 Å². The van der Waals surface area contributed by atoms with E-state index in [1.54, 1.807) is 0 Å². The number of aliphatic hydroxyl groups excluding tert-OH is 1. The Kier molecular flexibility index (Phi) is 3.41. The average Bonchev–Trinajstić information content (AvgIpc) is 2.65. The second kappa shape index (κ2) is 4.69. The molecule has 0 aromatic carbocycles. The van der Waals surface area contributed by atoms with Crippen molar-refractivity contribution < 1.29 is 19.6 Å². The molecule has 4 aliphatic rings. The molecule has 0 radical (unpaired) electrons. The monoisotopic (exact) mass is 270 g/mol. The quantitative estimate of drug-likeness (QED) is 0.783. The molecule has 1 N–H and O–H groups in total. The average molecular weight is 270 g/mol. The van der Waals surface area contributed by atoms with Gasteiger partial charge in [-0.05, 0) is 49.9 Å². The molecule has 6 atom stereocenters. The molecule has 110 valence electrons. The molecule has 4 fully saturated rings. The molecule has 3 saturated heterocycles. The van der Waals surface area contributed by atoms with Crippen molar-refractivity contribution >= 4 is 0 Å². The van der Waals surface area contributed by atoms with Crippen LogP contribution in [0.15, 0.2) is 0 Å². The summed E-state index contributed by atoms with van der Waals surface area (Å²) in [6.07, 6.45) is 4.28. The van der Waals surface area contributed by atoms with E-state index in [0.717, 1.165) is 19.3 Å². The van der Waals surface area contributed by atoms with Crippen LogP contribution in [0.2, 0.25) is 0 Å². The van der Waals surface area contributed by atoms with Gasteiger partial charge in [0.2, 0.25) is 0 Å². The van der Waals surface area contributed by atoms with E-state index in [1.807, 2.05) is 6.92 Å². The molecule has 3 aliphatic heterocycles. The van der Waals surface area contributed by atoms with Crippen molar-refractivity contribution in [2.75, 3.05) is 13.2 Å². The first kappa shape index (κ1) is 13.8. The van der Waals surface area contributed by atoms with Crippen molar-refractivity contribution in [3.05, 3.63) is 0 Å². The fourth-order valence-corrected chi connectivity index (χ4v) is 4.42. The molecule has 3 heterocycles. The van der Waals surface area contributed by atoms with Gasteiger partial charge in [0.15, 0.2) is 5.79 Å². The lowest BCUT2D eigenvalue weighted by Gasteiger charge is -2.53. The second-order valence-electron chi connectivity index (χ2n) is 7.01. The van der Waals surface area contributed by atoms with Gasteiger partial charge in [-0.15, -0.1) is 0 Å². The van der Waals surface area contributed by atoms with Crippen LogP contribution in [0.1, 0.15) is 46.5 Å². The zero-order chi connectivity index (χ0) is 13.7. The van der Waals surface area contributed by atoms with Gasteiger partial charge in [-0.3, -0.25) is 0 Å². The third-order valence-corrected chi connectivity index (χ3v) is 5.74. The standard InChI is InChI=1S/C15H26O4/c1-10-4-5-12(11(2)8-16)15-9-17-14(3,18-19-15)7-6-13(10)15/h10-13,16H,4-9H2,1-3H3/t10-,11+,12+,13+,14-,15+/m1/s1. The lowest BCUT2D eigenvalue weighted by molar-refractivity contribution is -0.517. The van der Waals surface area contributed by atoms with Crippen LogP contribution in [0, 0.1) is 23.7 Å². The van der Waals surface area contributed by atoms with Crippen molar-refractivity contribution in [2.45, 2.75) is 57.8 Å². The zero-order valence-electron chi connectivity index (χ0n) is 12.2. The minimum Gasteiger partial charge on any atom is -0.396 e. The van der Waals surface area contributed by atoms with Crippen LogP contribution in [-0.4, -0.2) is 29.7 Å². The van der Waals surface area contributed by atoms with Crippen molar-refractivity contribution in [3.8, 4) is 0 Å². The van der Waals surface area contributed by atoms with Crippen LogP contribution in [0.5, 0.6) is 0 Å². The van der Waals surface area contributed by atoms with E-state index in [9.17, 15) is 5.11 Å². The van der Waals surface area contributed by atoms with Crippen molar-refractivity contribution in [2.24, 2.45) is 23.7 Å². The van der Waals surface area contributed by atoms with Crippen LogP contribution in [0.4, 0.5) is 0 Å². The van der Waals surface area contributed by atoms with Gasteiger partial charge in [-0.2, -0.15) is 0 Å². The molecule has 0 aromatic heterocycles. The van der Waals surface area contributed by atoms with Crippen LogP contribution in [0.3, 0.4) is 0 Å². The summed E-state index contributed by atoms with van der Waals surface area (Å²) < 4.78 is 5.99. The molecule has 4 rings (SSSR count). The molecule has 4 nitrogen and oxygen atoms in total. The van der Waals surface area contributed by atoms with Gasteiger partial charge in [0, 0.05) is 13.0 Å². The summed E-state index contributed by atoms with van der Waals surface area (Å²) in [6, 6.07) is 0. The van der Waals surface area contributed by atoms with Gasteiger partial charge < -0.3 is 9.84 Å². The summed E-state index contributed by atoms with van der Waals surface area (Å²) in [5.74, 6) is 1.08. The number of hydrogen-bond acceptors (Lipinski definition) is 4. The Hall–Kier alpha value is -0.160. The first-order valence-electron chi connectivity index (χ1n) is 7.62. The molecule has 1 aliphatic carbocycles. The van der Waals surface area contributed by atoms with E-state index < -0.39 is 5.79 Å². The van der Waals surface area contributed by atoms with Gasteiger partial charge in [-0.25, -0.2) is 9.78 Å². The number of fused-ring (bicyclic) bond motifs is 3. The first-order chi connectivity index (χ1) is 9.01. The summed E-state index contributed by atoms with van der Waals surface area (Å²) in [7, 11) is 0. The van der Waals surface area contributed by atoms with E-state index in [4.69, 9.17) is 14.5 Å². The van der Waals surface area contributed by atoms with Crippen LogP contribution >= 0.6 is 0 Å². The molecule has 0 amide bonds. The van der Waals surface area contributed by atoms with Gasteiger partial charge in [0.25, 0.3) is 0 Å². The summed E-state index contributed by atoms with van der Waals surface area (Å²) >= 11 is 0. The molecular formula is C15H26O4. The molecule has 19 heavy (non-hydrogen) atoms. The SMILES string of the molecule is C[C@@H]1CC[C@@H]([C@@H](C)CO)[C@@]23CO[C@@](C)(CC[C@@H]12)OO3. The molecule has 0 aromatic rings. The fourth-order valence-electron chi connectivity index (χ4n) is 4.42. The highest BCUT2D eigenvalue weighted by Gasteiger charge is 2.60. The van der Waals surface area contributed by atoms with E-state index in [1.165, 1.54) is 6.42 Å². The fraction of sp³-hybridized carbons (Fsp3) is 1.00. The summed E-state index contributed by atoms with van der Waals surface area (Å²) in [4.78, 5) is 11.6. The Labute approximate surface area is 115 Å². The van der Waals surface area contributed by atoms with E-state index >= 15 is 0 Å². The lowest BCUT2D eigenvalue weighted by atomic mass is 9.60. The third-order valence-electron chi connectivity index (χ3n) is 5.74. The van der Waals surface area contributed by atoms with E-state index in [-0.39, 0.29) is 18.1 Å². The number of rotatable bonds is 2. The Balaban J connectivity index is 1.95. The van der Waals surface area contributed by atoms with E-state index in [0.29, 0.717) is 24.4 Å². The maximum absolute atomic E-state index is 9.55. The maximum atomic E-state index is 9.55. The van der Waals surface area contributed by atoms with Crippen LogP contribution < -0.4 is 0 Å². The summed E-state index contributed by atoms with van der Waals surface area (Å²) in [6.45, 7) is 7.19. The Morgan fingerprint density at radius 3 is 2.68 bits per heavy atom. The smallest absolute Gasteiger partial charge is 0.198 e. The molecule has 4 heteroatoms. The second-order valence-corrected chi connectivity index (χ2v) is 7.01. The van der Waals surface area contributed by atoms with Crippen LogP contribution in [0.25, 0.3) is 0 Å². The highest BCUT2D eigenvalue weighted by molar-refractivity contribution is 5.04. The summed E-state index contributed by atoms with van der Waals surface area (Å²) in [5, 5.41) is 9.55. The van der Waals surface area contributed by atoms with Crippen LogP contribution in [-0.2, 0) is 14.5 Å². The largest absolute Gasteiger partial charge is 0.396 e. The predicted molar refractivity (Wildman–Crippen MR) is 70.1 cm³/mol. The third kappa shape index (κ3) is 2.04. The van der Waals surface area contributed by atoms with Gasteiger partial charge in [0.05, 0.1) is 6.61 Å². The Bertz CT molecular complexity index is 327. The minimum atomic E-state index is -0.574. The molecular weight excluding hydrogens is 244 g/mol. The number of aliphatic hydroxyl groups is 1. The zero-order valence-corrected chi connectivity index (χ0v) is 12.2. The van der Waals surface area contributed by atoms with Crippen molar-refractivity contribution in [1.82, 2.24) is 0 Å². The number of ether oxygens (including phenoxy) is 1. The van der Waals surface area contributed by atoms with Gasteiger partial charge in [0.1, 0.15) is 5.60 Å². The molecule has 1 saturated carbocycles. The minimum absolute atomic E-state index is 0.203. The Morgan fingerprint density at radius 2 is 2.05 bits per heavy atom. The Morgan fingerprint density at radius 1 is 1.26 bits per heavy atom. The highest BCUT2D eigenvalue weighted by atomic mass is 17.2. The highest BCUT2D eigenvalue weighted by Crippen LogP contribution is 2.54. The first-order valence-corrected chi connectivity index (χ1v) is 7.62. The van der Waals surface area contributed by atoms with Crippen molar-refractivity contribution in [1.29, 1.82) is 0 Å².